The molecular formula is C22H24FN3O2. The number of piperidine rings is 1. The Morgan fingerprint density at radius 3 is 2.43 bits per heavy atom. The Morgan fingerprint density at radius 2 is 1.82 bits per heavy atom. The van der Waals surface area contributed by atoms with E-state index < -0.39 is 6.04 Å². The monoisotopic (exact) mass is 381 g/mol. The molecule has 1 aliphatic heterocycles. The number of carbonyl (C=O) groups is 2. The first-order chi connectivity index (χ1) is 13.5. The van der Waals surface area contributed by atoms with Gasteiger partial charge in [-0.3, -0.25) is 14.6 Å². The van der Waals surface area contributed by atoms with E-state index in [1.165, 1.54) is 25.1 Å². The average molecular weight is 381 g/mol. The number of pyridine rings is 1. The van der Waals surface area contributed by atoms with Crippen molar-refractivity contribution in [3.8, 4) is 11.3 Å². The van der Waals surface area contributed by atoms with E-state index in [1.807, 2.05) is 4.90 Å². The molecule has 2 aliphatic rings. The third-order valence-corrected chi connectivity index (χ3v) is 5.99. The van der Waals surface area contributed by atoms with Gasteiger partial charge in [0.15, 0.2) is 0 Å². The lowest BCUT2D eigenvalue weighted by atomic mass is 9.93. The highest BCUT2D eigenvalue weighted by Gasteiger charge is 2.45. The Labute approximate surface area is 164 Å². The number of rotatable bonds is 4. The molecule has 2 amide bonds. The van der Waals surface area contributed by atoms with Crippen molar-refractivity contribution in [2.75, 3.05) is 13.1 Å². The Hall–Kier alpha value is -2.76. The second-order valence-electron chi connectivity index (χ2n) is 7.93. The summed E-state index contributed by atoms with van der Waals surface area (Å²) in [6, 6.07) is 8.98. The Bertz CT molecular complexity index is 883. The summed E-state index contributed by atoms with van der Waals surface area (Å²) >= 11 is 0. The number of hydrogen-bond donors (Lipinski definition) is 1. The second-order valence-corrected chi connectivity index (χ2v) is 7.93. The van der Waals surface area contributed by atoms with E-state index in [4.69, 9.17) is 0 Å². The van der Waals surface area contributed by atoms with Gasteiger partial charge in [-0.2, -0.15) is 0 Å². The quantitative estimate of drug-likeness (QED) is 0.883. The molecule has 4 rings (SSSR count). The summed E-state index contributed by atoms with van der Waals surface area (Å²) in [5.41, 5.74) is 1.70. The second kappa shape index (κ2) is 7.34. The number of benzene rings is 1. The van der Waals surface area contributed by atoms with Gasteiger partial charge in [0.2, 0.25) is 5.91 Å². The highest BCUT2D eigenvalue weighted by molar-refractivity contribution is 5.97. The molecule has 1 aromatic heterocycles. The molecule has 28 heavy (non-hydrogen) atoms. The van der Waals surface area contributed by atoms with Crippen molar-refractivity contribution in [3.05, 3.63) is 54.0 Å². The summed E-state index contributed by atoms with van der Waals surface area (Å²) in [6.07, 6.45) is 6.13. The summed E-state index contributed by atoms with van der Waals surface area (Å²) in [6.45, 7) is 3.26. The number of halogens is 1. The summed E-state index contributed by atoms with van der Waals surface area (Å²) < 4.78 is 13.9. The molecule has 2 aromatic rings. The molecule has 1 spiro atoms. The zero-order valence-electron chi connectivity index (χ0n) is 16.0. The van der Waals surface area contributed by atoms with Crippen LogP contribution in [0.3, 0.4) is 0 Å². The van der Waals surface area contributed by atoms with E-state index in [2.05, 4.69) is 10.3 Å². The summed E-state index contributed by atoms with van der Waals surface area (Å²) in [4.78, 5) is 31.2. The van der Waals surface area contributed by atoms with E-state index >= 15 is 0 Å². The molecule has 1 saturated heterocycles. The number of aromatic nitrogens is 1. The van der Waals surface area contributed by atoms with Crippen LogP contribution in [0, 0.1) is 11.2 Å². The van der Waals surface area contributed by atoms with Gasteiger partial charge in [-0.15, -0.1) is 0 Å². The smallest absolute Gasteiger partial charge is 0.253 e. The van der Waals surface area contributed by atoms with Gasteiger partial charge in [0, 0.05) is 24.8 Å². The van der Waals surface area contributed by atoms with Gasteiger partial charge in [0.05, 0.1) is 11.3 Å². The van der Waals surface area contributed by atoms with Gasteiger partial charge >= 0.3 is 0 Å². The van der Waals surface area contributed by atoms with Crippen LogP contribution in [0.5, 0.6) is 0 Å². The Morgan fingerprint density at radius 1 is 1.11 bits per heavy atom. The fourth-order valence-electron chi connectivity index (χ4n) is 3.85. The maximum Gasteiger partial charge on any atom is 0.253 e. The number of nitrogens with one attached hydrogen (secondary N) is 1. The Kier molecular flexibility index (Phi) is 4.87. The summed E-state index contributed by atoms with van der Waals surface area (Å²) in [5, 5.41) is 2.76. The fraction of sp³-hybridized carbons (Fsp3) is 0.409. The lowest BCUT2D eigenvalue weighted by Crippen LogP contribution is -2.49. The minimum atomic E-state index is -0.591. The lowest BCUT2D eigenvalue weighted by molar-refractivity contribution is -0.134. The van der Waals surface area contributed by atoms with Crippen molar-refractivity contribution in [1.29, 1.82) is 0 Å². The normalized spacial score (nSPS) is 18.6. The molecule has 1 aliphatic carbocycles. The molecule has 0 unspecified atom stereocenters. The first-order valence-electron chi connectivity index (χ1n) is 9.78. The molecule has 146 valence electrons. The van der Waals surface area contributed by atoms with Crippen LogP contribution in [-0.4, -0.2) is 40.8 Å². The van der Waals surface area contributed by atoms with Crippen LogP contribution in [0.25, 0.3) is 11.3 Å². The highest BCUT2D eigenvalue weighted by atomic mass is 19.1. The summed E-state index contributed by atoms with van der Waals surface area (Å²) in [7, 11) is 0. The van der Waals surface area contributed by atoms with E-state index in [1.54, 1.807) is 37.3 Å². The van der Waals surface area contributed by atoms with Crippen molar-refractivity contribution >= 4 is 11.8 Å². The topological polar surface area (TPSA) is 62.3 Å². The molecule has 2 heterocycles. The number of likely N-dealkylation sites (tertiary alicyclic amines) is 1. The number of hydrogen-bond acceptors (Lipinski definition) is 3. The largest absolute Gasteiger partial charge is 0.341 e. The van der Waals surface area contributed by atoms with Crippen molar-refractivity contribution in [3.63, 3.8) is 0 Å². The summed E-state index contributed by atoms with van der Waals surface area (Å²) in [5.74, 6) is -0.759. The standard InChI is InChI=1S/C22H24FN3O2/c1-15(21(28)26-12-10-22(8-9-22)11-13-26)25-20(27)16-6-7-19(24-14-16)17-4-2-3-5-18(17)23/h2-7,14-15H,8-13H2,1H3,(H,25,27)/t15-/m1/s1. The first kappa shape index (κ1) is 18.6. The van der Waals surface area contributed by atoms with E-state index in [0.29, 0.717) is 22.2 Å². The highest BCUT2D eigenvalue weighted by Crippen LogP contribution is 2.53. The van der Waals surface area contributed by atoms with Gasteiger partial charge in [0.25, 0.3) is 5.91 Å². The number of nitrogens with zero attached hydrogens (tertiary/aromatic N) is 2. The minimum absolute atomic E-state index is 0.0419. The van der Waals surface area contributed by atoms with Crippen molar-refractivity contribution < 1.29 is 14.0 Å². The van der Waals surface area contributed by atoms with Crippen molar-refractivity contribution in [2.45, 2.75) is 38.6 Å². The third kappa shape index (κ3) is 3.77. The maximum atomic E-state index is 13.9. The molecule has 6 heteroatoms. The maximum absolute atomic E-state index is 13.9. The van der Waals surface area contributed by atoms with E-state index in [-0.39, 0.29) is 17.6 Å². The first-order valence-corrected chi connectivity index (χ1v) is 9.78. The van der Waals surface area contributed by atoms with Crippen LogP contribution in [0.4, 0.5) is 4.39 Å². The molecule has 5 nitrogen and oxygen atoms in total. The Balaban J connectivity index is 1.36. The third-order valence-electron chi connectivity index (χ3n) is 5.99. The fourth-order valence-corrected chi connectivity index (χ4v) is 3.85. The van der Waals surface area contributed by atoms with Gasteiger partial charge < -0.3 is 10.2 Å². The molecule has 1 aromatic carbocycles. The SMILES string of the molecule is C[C@@H](NC(=O)c1ccc(-c2ccccc2F)nc1)C(=O)N1CCC2(CC1)CC2. The number of amides is 2. The molecule has 0 radical (unpaired) electrons. The van der Waals surface area contributed by atoms with Crippen LogP contribution < -0.4 is 5.32 Å². The molecule has 1 N–H and O–H groups in total. The zero-order valence-corrected chi connectivity index (χ0v) is 16.0. The van der Waals surface area contributed by atoms with Crippen LogP contribution in [0.2, 0.25) is 0 Å². The van der Waals surface area contributed by atoms with Crippen LogP contribution >= 0.6 is 0 Å². The predicted molar refractivity (Wildman–Crippen MR) is 104 cm³/mol. The van der Waals surface area contributed by atoms with E-state index in [9.17, 15) is 14.0 Å². The van der Waals surface area contributed by atoms with Crippen LogP contribution in [0.15, 0.2) is 42.6 Å². The average Bonchev–Trinajstić information content (AvgIpc) is 3.47. The minimum Gasteiger partial charge on any atom is -0.341 e. The van der Waals surface area contributed by atoms with E-state index in [0.717, 1.165) is 25.9 Å². The van der Waals surface area contributed by atoms with Crippen molar-refractivity contribution in [1.82, 2.24) is 15.2 Å². The molecule has 1 saturated carbocycles. The lowest BCUT2D eigenvalue weighted by Gasteiger charge is -2.33. The molecule has 2 fully saturated rings. The van der Waals surface area contributed by atoms with Gasteiger partial charge in [-0.05, 0) is 62.3 Å². The van der Waals surface area contributed by atoms with Crippen LogP contribution in [0.1, 0.15) is 43.0 Å². The molecular weight excluding hydrogens is 357 g/mol. The van der Waals surface area contributed by atoms with Gasteiger partial charge in [-0.25, -0.2) is 4.39 Å². The predicted octanol–water partition coefficient (Wildman–Crippen LogP) is 3.41. The van der Waals surface area contributed by atoms with Gasteiger partial charge in [0.1, 0.15) is 11.9 Å². The van der Waals surface area contributed by atoms with Crippen LogP contribution in [-0.2, 0) is 4.79 Å². The zero-order chi connectivity index (χ0) is 19.7. The molecule has 1 atom stereocenters. The molecule has 0 bridgehead atoms. The van der Waals surface area contributed by atoms with Crippen molar-refractivity contribution in [2.24, 2.45) is 5.41 Å². The van der Waals surface area contributed by atoms with Gasteiger partial charge in [-0.1, -0.05) is 12.1 Å². The number of carbonyl (C=O) groups excluding carboxylic acids is 2.